The van der Waals surface area contributed by atoms with Crippen LogP contribution in [0, 0.1) is 5.92 Å². The van der Waals surface area contributed by atoms with E-state index in [0.29, 0.717) is 33.6 Å². The largest absolute Gasteiger partial charge is 0.462 e. The summed E-state index contributed by atoms with van der Waals surface area (Å²) < 4.78 is 5.46. The van der Waals surface area contributed by atoms with E-state index < -0.39 is 0 Å². The van der Waals surface area contributed by atoms with E-state index in [1.807, 2.05) is 27.1 Å². The number of anilines is 2. The third kappa shape index (κ3) is 5.63. The molecule has 0 radical (unpaired) electrons. The summed E-state index contributed by atoms with van der Waals surface area (Å²) in [5.41, 5.74) is 1.71. The van der Waals surface area contributed by atoms with Crippen LogP contribution in [0.1, 0.15) is 17.3 Å². The Hall–Kier alpha value is -1.75. The van der Waals surface area contributed by atoms with Crippen molar-refractivity contribution in [2.45, 2.75) is 6.92 Å². The number of hydrogen-bond acceptors (Lipinski definition) is 4. The molecule has 0 fully saturated rings. The molecular weight excluding hydrogens is 359 g/mol. The molecule has 25 heavy (non-hydrogen) atoms. The van der Waals surface area contributed by atoms with Crippen molar-refractivity contribution < 1.29 is 9.53 Å². The summed E-state index contributed by atoms with van der Waals surface area (Å²) in [6, 6.07) is 12.5. The number of rotatable bonds is 7. The summed E-state index contributed by atoms with van der Waals surface area (Å²) in [6.07, 6.45) is 0. The maximum Gasteiger partial charge on any atom is 0.340 e. The van der Waals surface area contributed by atoms with Crippen molar-refractivity contribution in [3.05, 3.63) is 58.1 Å². The van der Waals surface area contributed by atoms with Crippen molar-refractivity contribution in [2.24, 2.45) is 5.92 Å². The fourth-order valence-corrected chi connectivity index (χ4v) is 2.84. The van der Waals surface area contributed by atoms with Crippen molar-refractivity contribution in [3.63, 3.8) is 0 Å². The first-order valence-corrected chi connectivity index (χ1v) is 8.76. The van der Waals surface area contributed by atoms with Crippen LogP contribution in [-0.2, 0) is 4.74 Å². The summed E-state index contributed by atoms with van der Waals surface area (Å²) in [5, 5.41) is 4.01. The number of carbonyl (C=O) groups excluding carboxylic acids is 1. The second kappa shape index (κ2) is 9.09. The molecule has 0 aliphatic carbocycles. The molecule has 0 bridgehead atoms. The Morgan fingerprint density at radius 2 is 1.80 bits per heavy atom. The summed E-state index contributed by atoms with van der Waals surface area (Å²) in [5.74, 6) is -0.117. The predicted molar refractivity (Wildman–Crippen MR) is 104 cm³/mol. The number of para-hydroxylation sites is 1. The van der Waals surface area contributed by atoms with E-state index in [-0.39, 0.29) is 11.9 Å². The van der Waals surface area contributed by atoms with Gasteiger partial charge in [-0.3, -0.25) is 0 Å². The molecule has 0 unspecified atom stereocenters. The Labute approximate surface area is 158 Å². The van der Waals surface area contributed by atoms with Gasteiger partial charge in [0.05, 0.1) is 33.6 Å². The van der Waals surface area contributed by atoms with Crippen molar-refractivity contribution in [3.8, 4) is 0 Å². The number of nitrogens with zero attached hydrogens (tertiary/aromatic N) is 1. The molecule has 6 heteroatoms. The highest BCUT2D eigenvalue weighted by atomic mass is 35.5. The lowest BCUT2D eigenvalue weighted by molar-refractivity contribution is 0.0434. The lowest BCUT2D eigenvalue weighted by atomic mass is 10.1. The fraction of sp³-hybridized carbons (Fsp3) is 0.316. The lowest BCUT2D eigenvalue weighted by Gasteiger charge is -2.17. The lowest BCUT2D eigenvalue weighted by Crippen LogP contribution is -2.24. The average molecular weight is 381 g/mol. The zero-order valence-electron chi connectivity index (χ0n) is 14.6. The Balaban J connectivity index is 2.12. The molecule has 0 amide bonds. The highest BCUT2D eigenvalue weighted by Gasteiger charge is 2.15. The first kappa shape index (κ1) is 19.6. The summed E-state index contributed by atoms with van der Waals surface area (Å²) in [4.78, 5) is 14.5. The molecule has 0 aliphatic heterocycles. The van der Waals surface area contributed by atoms with Gasteiger partial charge in [0.1, 0.15) is 0 Å². The minimum Gasteiger partial charge on any atom is -0.462 e. The normalized spacial score (nSPS) is 12.1. The maximum atomic E-state index is 12.5. The molecule has 4 nitrogen and oxygen atoms in total. The molecule has 2 aromatic rings. The van der Waals surface area contributed by atoms with Crippen LogP contribution in [0.25, 0.3) is 0 Å². The Bertz CT molecular complexity index is 735. The van der Waals surface area contributed by atoms with Crippen molar-refractivity contribution in [2.75, 3.05) is 32.6 Å². The second-order valence-corrected chi connectivity index (χ2v) is 7.02. The van der Waals surface area contributed by atoms with E-state index in [4.69, 9.17) is 27.9 Å². The van der Waals surface area contributed by atoms with Gasteiger partial charge in [-0.25, -0.2) is 4.79 Å². The van der Waals surface area contributed by atoms with E-state index in [2.05, 4.69) is 10.2 Å². The highest BCUT2D eigenvalue weighted by Crippen LogP contribution is 2.32. The van der Waals surface area contributed by atoms with Crippen LogP contribution in [-0.4, -0.2) is 38.1 Å². The van der Waals surface area contributed by atoms with Crippen LogP contribution in [0.5, 0.6) is 0 Å². The van der Waals surface area contributed by atoms with Crippen LogP contribution in [0.15, 0.2) is 42.5 Å². The van der Waals surface area contributed by atoms with Gasteiger partial charge in [0.25, 0.3) is 0 Å². The van der Waals surface area contributed by atoms with Gasteiger partial charge in [-0.1, -0.05) is 48.3 Å². The van der Waals surface area contributed by atoms with Gasteiger partial charge in [-0.15, -0.1) is 0 Å². The minimum atomic E-state index is -0.369. The molecule has 2 rings (SSSR count). The molecule has 0 saturated heterocycles. The maximum absolute atomic E-state index is 12.5. The van der Waals surface area contributed by atoms with Crippen molar-refractivity contribution in [1.29, 1.82) is 0 Å². The zero-order chi connectivity index (χ0) is 18.4. The number of esters is 1. The monoisotopic (exact) mass is 380 g/mol. The van der Waals surface area contributed by atoms with Crippen LogP contribution in [0.3, 0.4) is 0 Å². The Morgan fingerprint density at radius 1 is 1.12 bits per heavy atom. The molecular formula is C19H22Cl2N2O2. The predicted octanol–water partition coefficient (Wildman–Crippen LogP) is 5.09. The van der Waals surface area contributed by atoms with Gasteiger partial charge in [0.2, 0.25) is 0 Å². The van der Waals surface area contributed by atoms with Crippen LogP contribution in [0.2, 0.25) is 10.0 Å². The van der Waals surface area contributed by atoms with Gasteiger partial charge < -0.3 is 15.0 Å². The van der Waals surface area contributed by atoms with Crippen LogP contribution >= 0.6 is 23.2 Å². The smallest absolute Gasteiger partial charge is 0.340 e. The van der Waals surface area contributed by atoms with Crippen molar-refractivity contribution in [1.82, 2.24) is 4.90 Å². The quantitative estimate of drug-likeness (QED) is 0.679. The fourth-order valence-electron chi connectivity index (χ4n) is 2.49. The SMILES string of the molecule is C[C@@H](COC(=O)c1ccccc1Nc1cccc(Cl)c1Cl)CN(C)C. The molecule has 0 aliphatic rings. The summed E-state index contributed by atoms with van der Waals surface area (Å²) >= 11 is 12.3. The average Bonchev–Trinajstić information content (AvgIpc) is 2.57. The van der Waals surface area contributed by atoms with Crippen LogP contribution < -0.4 is 5.32 Å². The first-order chi connectivity index (χ1) is 11.9. The van der Waals surface area contributed by atoms with E-state index >= 15 is 0 Å². The number of ether oxygens (including phenoxy) is 1. The summed E-state index contributed by atoms with van der Waals surface area (Å²) in [6.45, 7) is 3.26. The molecule has 0 aromatic heterocycles. The van der Waals surface area contributed by atoms with Gasteiger partial charge >= 0.3 is 5.97 Å². The Kier molecular flexibility index (Phi) is 7.12. The number of halogens is 2. The van der Waals surface area contributed by atoms with Gasteiger partial charge in [0.15, 0.2) is 0 Å². The zero-order valence-corrected chi connectivity index (χ0v) is 16.1. The van der Waals surface area contributed by atoms with E-state index in [1.165, 1.54) is 0 Å². The molecule has 0 saturated carbocycles. The third-order valence-electron chi connectivity index (χ3n) is 3.54. The number of nitrogens with one attached hydrogen (secondary N) is 1. The van der Waals surface area contributed by atoms with E-state index in [0.717, 1.165) is 6.54 Å². The molecule has 134 valence electrons. The number of benzene rings is 2. The van der Waals surface area contributed by atoms with Gasteiger partial charge in [-0.05, 0) is 38.4 Å². The number of carbonyl (C=O) groups is 1. The molecule has 1 N–H and O–H groups in total. The highest BCUT2D eigenvalue weighted by molar-refractivity contribution is 6.43. The first-order valence-electron chi connectivity index (χ1n) is 8.00. The molecule has 0 spiro atoms. The van der Waals surface area contributed by atoms with Crippen molar-refractivity contribution >= 4 is 40.5 Å². The van der Waals surface area contributed by atoms with Gasteiger partial charge in [-0.2, -0.15) is 0 Å². The van der Waals surface area contributed by atoms with Crippen LogP contribution in [0.4, 0.5) is 11.4 Å². The van der Waals surface area contributed by atoms with Gasteiger partial charge in [0, 0.05) is 12.5 Å². The molecule has 1 atom stereocenters. The topological polar surface area (TPSA) is 41.6 Å². The van der Waals surface area contributed by atoms with E-state index in [9.17, 15) is 4.79 Å². The molecule has 0 heterocycles. The third-order valence-corrected chi connectivity index (χ3v) is 4.36. The Morgan fingerprint density at radius 3 is 2.52 bits per heavy atom. The van der Waals surface area contributed by atoms with E-state index in [1.54, 1.807) is 36.4 Å². The minimum absolute atomic E-state index is 0.251. The summed E-state index contributed by atoms with van der Waals surface area (Å²) in [7, 11) is 3.98. The number of hydrogen-bond donors (Lipinski definition) is 1. The second-order valence-electron chi connectivity index (χ2n) is 6.24. The standard InChI is InChI=1S/C19H22Cl2N2O2/c1-13(11-23(2)3)12-25-19(24)14-7-4-5-9-16(14)22-17-10-6-8-15(20)18(17)21/h4-10,13,22H,11-12H2,1-3H3/t13-/m1/s1. The molecule has 2 aromatic carbocycles.